The highest BCUT2D eigenvalue weighted by molar-refractivity contribution is 14.0. The number of hydrogen-bond acceptors (Lipinski definition) is 5. The van der Waals surface area contributed by atoms with E-state index in [4.69, 9.17) is 9.47 Å². The molecule has 1 aromatic rings. The summed E-state index contributed by atoms with van der Waals surface area (Å²) in [6.45, 7) is 14.8. The van der Waals surface area contributed by atoms with Crippen LogP contribution in [-0.4, -0.2) is 68.0 Å². The van der Waals surface area contributed by atoms with E-state index in [-0.39, 0.29) is 35.8 Å². The first-order valence-electron chi connectivity index (χ1n) is 10.3. The molecule has 0 saturated carbocycles. The second kappa shape index (κ2) is 13.9. The van der Waals surface area contributed by atoms with Gasteiger partial charge in [-0.3, -0.25) is 4.90 Å². The number of aliphatic imine (C=N–C) groups is 1. The Hall–Kier alpha value is -1.26. The lowest BCUT2D eigenvalue weighted by molar-refractivity contribution is -0.0284. The van der Waals surface area contributed by atoms with Gasteiger partial charge < -0.3 is 25.2 Å². The normalized spacial score (nSPS) is 17.7. The molecule has 1 aliphatic rings. The molecule has 1 aromatic carbocycles. The molecule has 1 fully saturated rings. The first-order valence-corrected chi connectivity index (χ1v) is 10.3. The lowest BCUT2D eigenvalue weighted by Crippen LogP contribution is -2.50. The van der Waals surface area contributed by atoms with Gasteiger partial charge in [-0.05, 0) is 37.5 Å². The molecule has 3 N–H and O–H groups in total. The number of rotatable bonds is 9. The fourth-order valence-electron chi connectivity index (χ4n) is 3.24. The molecule has 166 valence electrons. The van der Waals surface area contributed by atoms with E-state index in [9.17, 15) is 5.11 Å². The molecule has 1 unspecified atom stereocenters. The van der Waals surface area contributed by atoms with Crippen LogP contribution in [0.5, 0.6) is 11.5 Å². The average Bonchev–Trinajstić information content (AvgIpc) is 2.66. The number of phenols is 1. The van der Waals surface area contributed by atoms with Gasteiger partial charge in [0.25, 0.3) is 0 Å². The molecule has 0 aromatic heterocycles. The smallest absolute Gasteiger partial charge is 0.191 e. The quantitative estimate of drug-likeness (QED) is 0.264. The molecular weight excluding hydrogens is 483 g/mol. The number of hydrogen-bond donors (Lipinski definition) is 3. The Bertz CT molecular complexity index is 628. The molecule has 2 rings (SSSR count). The molecule has 7 nitrogen and oxygen atoms in total. The molecule has 0 bridgehead atoms. The van der Waals surface area contributed by atoms with Crippen LogP contribution < -0.4 is 15.4 Å². The summed E-state index contributed by atoms with van der Waals surface area (Å²) in [5.41, 5.74) is 0.982. The van der Waals surface area contributed by atoms with Crippen molar-refractivity contribution in [2.45, 2.75) is 40.3 Å². The summed E-state index contributed by atoms with van der Waals surface area (Å²) in [4.78, 5) is 7.12. The lowest BCUT2D eigenvalue weighted by atomic mass is 10.2. The van der Waals surface area contributed by atoms with Crippen molar-refractivity contribution in [3.8, 4) is 11.5 Å². The largest absolute Gasteiger partial charge is 0.504 e. The van der Waals surface area contributed by atoms with Crippen LogP contribution in [0.1, 0.15) is 33.3 Å². The Morgan fingerprint density at radius 3 is 2.83 bits per heavy atom. The SMILES string of the molecule is CCNC(=NCc1ccc(O)c(OCC)c1)NCC1CN(CC(C)C)CCO1.I. The maximum atomic E-state index is 9.83. The number of nitrogens with zero attached hydrogens (tertiary/aromatic N) is 2. The van der Waals surface area contributed by atoms with E-state index in [0.29, 0.717) is 24.8 Å². The molecule has 8 heteroatoms. The molecule has 0 aliphatic carbocycles. The first-order chi connectivity index (χ1) is 13.5. The number of nitrogens with one attached hydrogen (secondary N) is 2. The van der Waals surface area contributed by atoms with E-state index < -0.39 is 0 Å². The number of phenolic OH excluding ortho intramolecular Hbond substituents is 1. The third kappa shape index (κ3) is 9.39. The number of halogens is 1. The second-order valence-electron chi connectivity index (χ2n) is 7.46. The van der Waals surface area contributed by atoms with Crippen LogP contribution in [0.3, 0.4) is 0 Å². The molecular formula is C21H37IN4O3. The van der Waals surface area contributed by atoms with Gasteiger partial charge in [-0.15, -0.1) is 24.0 Å². The van der Waals surface area contributed by atoms with Crippen molar-refractivity contribution >= 4 is 29.9 Å². The van der Waals surface area contributed by atoms with Crippen molar-refractivity contribution in [2.75, 3.05) is 45.9 Å². The summed E-state index contributed by atoms with van der Waals surface area (Å²) >= 11 is 0. The first kappa shape index (κ1) is 25.8. The summed E-state index contributed by atoms with van der Waals surface area (Å²) < 4.78 is 11.4. The van der Waals surface area contributed by atoms with Crippen LogP contribution in [0.4, 0.5) is 0 Å². The fraction of sp³-hybridized carbons (Fsp3) is 0.667. The summed E-state index contributed by atoms with van der Waals surface area (Å²) in [5, 5.41) is 16.5. The van der Waals surface area contributed by atoms with E-state index in [2.05, 4.69) is 34.4 Å². The molecule has 1 saturated heterocycles. The van der Waals surface area contributed by atoms with Gasteiger partial charge in [0, 0.05) is 32.7 Å². The number of ether oxygens (including phenoxy) is 2. The summed E-state index contributed by atoms with van der Waals surface area (Å²) in [5.74, 6) is 2.07. The van der Waals surface area contributed by atoms with Crippen molar-refractivity contribution in [3.05, 3.63) is 23.8 Å². The van der Waals surface area contributed by atoms with Crippen LogP contribution in [0.2, 0.25) is 0 Å². The van der Waals surface area contributed by atoms with Crippen molar-refractivity contribution in [1.29, 1.82) is 0 Å². The zero-order chi connectivity index (χ0) is 20.4. The van der Waals surface area contributed by atoms with Gasteiger partial charge in [0.05, 0.1) is 25.9 Å². The molecule has 29 heavy (non-hydrogen) atoms. The zero-order valence-electron chi connectivity index (χ0n) is 18.1. The minimum absolute atomic E-state index is 0. The summed E-state index contributed by atoms with van der Waals surface area (Å²) in [7, 11) is 0. The maximum Gasteiger partial charge on any atom is 0.191 e. The summed E-state index contributed by atoms with van der Waals surface area (Å²) in [6, 6.07) is 5.34. The van der Waals surface area contributed by atoms with Crippen molar-refractivity contribution < 1.29 is 14.6 Å². The standard InChI is InChI=1S/C21H36N4O3.HI/c1-5-22-21(23-12-17-7-8-19(26)20(11-17)27-6-2)24-13-18-15-25(9-10-28-18)14-16(3)4;/h7-8,11,16,18,26H,5-6,9-10,12-15H2,1-4H3,(H2,22,23,24);1H. The Morgan fingerprint density at radius 2 is 2.14 bits per heavy atom. The predicted molar refractivity (Wildman–Crippen MR) is 129 cm³/mol. The van der Waals surface area contributed by atoms with Crippen molar-refractivity contribution in [3.63, 3.8) is 0 Å². The molecule has 0 amide bonds. The number of benzene rings is 1. The predicted octanol–water partition coefficient (Wildman–Crippen LogP) is 2.82. The van der Waals surface area contributed by atoms with E-state index in [1.165, 1.54) is 0 Å². The fourth-order valence-corrected chi connectivity index (χ4v) is 3.24. The highest BCUT2D eigenvalue weighted by Crippen LogP contribution is 2.27. The van der Waals surface area contributed by atoms with Crippen molar-refractivity contribution in [1.82, 2.24) is 15.5 Å². The Labute approximate surface area is 192 Å². The average molecular weight is 520 g/mol. The van der Waals surface area contributed by atoms with Gasteiger partial charge in [-0.25, -0.2) is 4.99 Å². The Kier molecular flexibility index (Phi) is 12.3. The summed E-state index contributed by atoms with van der Waals surface area (Å²) in [6.07, 6.45) is 0.162. The topological polar surface area (TPSA) is 78.4 Å². The lowest BCUT2D eigenvalue weighted by Gasteiger charge is -2.34. The second-order valence-corrected chi connectivity index (χ2v) is 7.46. The molecule has 0 radical (unpaired) electrons. The van der Waals surface area contributed by atoms with E-state index in [1.807, 2.05) is 26.0 Å². The molecule has 1 heterocycles. The van der Waals surface area contributed by atoms with Crippen LogP contribution in [0, 0.1) is 5.92 Å². The van der Waals surface area contributed by atoms with Crippen LogP contribution >= 0.6 is 24.0 Å². The maximum absolute atomic E-state index is 9.83. The van der Waals surface area contributed by atoms with E-state index in [1.54, 1.807) is 6.07 Å². The molecule has 0 spiro atoms. The van der Waals surface area contributed by atoms with Gasteiger partial charge in [-0.1, -0.05) is 19.9 Å². The Balaban J connectivity index is 0.00000420. The minimum atomic E-state index is 0. The van der Waals surface area contributed by atoms with E-state index in [0.717, 1.165) is 50.9 Å². The van der Waals surface area contributed by atoms with Gasteiger partial charge >= 0.3 is 0 Å². The minimum Gasteiger partial charge on any atom is -0.504 e. The van der Waals surface area contributed by atoms with Gasteiger partial charge in [0.2, 0.25) is 0 Å². The number of guanidine groups is 1. The van der Waals surface area contributed by atoms with Gasteiger partial charge in [0.1, 0.15) is 0 Å². The number of morpholine rings is 1. The van der Waals surface area contributed by atoms with Crippen LogP contribution in [-0.2, 0) is 11.3 Å². The highest BCUT2D eigenvalue weighted by Gasteiger charge is 2.21. The third-order valence-corrected chi connectivity index (χ3v) is 4.43. The Morgan fingerprint density at radius 1 is 1.34 bits per heavy atom. The monoisotopic (exact) mass is 520 g/mol. The van der Waals surface area contributed by atoms with Gasteiger partial charge in [0.15, 0.2) is 17.5 Å². The van der Waals surface area contributed by atoms with Crippen LogP contribution in [0.25, 0.3) is 0 Å². The molecule has 1 aliphatic heterocycles. The third-order valence-electron chi connectivity index (χ3n) is 4.43. The molecule has 1 atom stereocenters. The zero-order valence-corrected chi connectivity index (χ0v) is 20.4. The highest BCUT2D eigenvalue weighted by atomic mass is 127. The van der Waals surface area contributed by atoms with Crippen LogP contribution in [0.15, 0.2) is 23.2 Å². The van der Waals surface area contributed by atoms with Gasteiger partial charge in [-0.2, -0.15) is 0 Å². The van der Waals surface area contributed by atoms with Crippen molar-refractivity contribution in [2.24, 2.45) is 10.9 Å². The number of aromatic hydroxyl groups is 1. The van der Waals surface area contributed by atoms with E-state index >= 15 is 0 Å².